The minimum Gasteiger partial charge on any atom is -0.0622 e. The van der Waals surface area contributed by atoms with Crippen LogP contribution in [0.2, 0.25) is 0 Å². The van der Waals surface area contributed by atoms with Crippen LogP contribution >= 0.6 is 0 Å². The highest BCUT2D eigenvalue weighted by Gasteiger charge is 2.12. The maximum absolute atomic E-state index is 2.24. The predicted octanol–water partition coefficient (Wildman–Crippen LogP) is 5.15. The number of benzene rings is 2. The Morgan fingerprint density at radius 3 is 1.67 bits per heavy atom. The largest absolute Gasteiger partial charge is 0.0622 e. The van der Waals surface area contributed by atoms with Crippen LogP contribution in [0.15, 0.2) is 54.6 Å². The van der Waals surface area contributed by atoms with Crippen molar-refractivity contribution in [3.8, 4) is 0 Å². The maximum atomic E-state index is 2.24. The predicted molar refractivity (Wildman–Crippen MR) is 80.5 cm³/mol. The van der Waals surface area contributed by atoms with E-state index in [1.807, 2.05) is 6.07 Å². The third-order valence-corrected chi connectivity index (χ3v) is 3.04. The lowest BCUT2D eigenvalue weighted by molar-refractivity contribution is 0.590. The molecule has 0 aliphatic rings. The first-order valence-corrected chi connectivity index (χ1v) is 6.39. The summed E-state index contributed by atoms with van der Waals surface area (Å²) in [6.07, 6.45) is 4.30. The second kappa shape index (κ2) is 5.22. The fraction of sp³-hybridized carbons (Fsp3) is 0.222. The van der Waals surface area contributed by atoms with E-state index < -0.39 is 0 Å². The lowest BCUT2D eigenvalue weighted by Crippen LogP contribution is -2.10. The Kier molecular flexibility index (Phi) is 3.66. The summed E-state index contributed by atoms with van der Waals surface area (Å²) in [7, 11) is 0. The smallest absolute Gasteiger partial charge is 0.0132 e. The molecule has 0 aliphatic heterocycles. The molecule has 0 heterocycles. The van der Waals surface area contributed by atoms with Gasteiger partial charge in [0.1, 0.15) is 0 Å². The third-order valence-electron chi connectivity index (χ3n) is 3.04. The molecule has 0 nitrogen and oxygen atoms in total. The molecule has 0 aromatic heterocycles. The van der Waals surface area contributed by atoms with Crippen molar-refractivity contribution in [2.24, 2.45) is 0 Å². The van der Waals surface area contributed by atoms with E-state index in [-0.39, 0.29) is 5.41 Å². The molecule has 0 atom stereocenters. The van der Waals surface area contributed by atoms with Crippen LogP contribution in [0.25, 0.3) is 12.2 Å². The molecule has 0 fully saturated rings. The van der Waals surface area contributed by atoms with Crippen molar-refractivity contribution in [2.75, 3.05) is 0 Å². The van der Waals surface area contributed by atoms with Crippen molar-refractivity contribution in [3.05, 3.63) is 71.3 Å². The van der Waals surface area contributed by atoms with E-state index in [4.69, 9.17) is 0 Å². The molecule has 0 N–H and O–H groups in total. The first kappa shape index (κ1) is 12.6. The molecule has 0 unspecified atom stereocenters. The Morgan fingerprint density at radius 2 is 1.17 bits per heavy atom. The summed E-state index contributed by atoms with van der Waals surface area (Å²) in [6, 6.07) is 19.2. The summed E-state index contributed by atoms with van der Waals surface area (Å²) < 4.78 is 0. The molecule has 0 amide bonds. The average Bonchev–Trinajstić information content (AvgIpc) is 2.37. The third kappa shape index (κ3) is 3.33. The van der Waals surface area contributed by atoms with Gasteiger partial charge in [0.25, 0.3) is 0 Å². The van der Waals surface area contributed by atoms with Gasteiger partial charge in [0.05, 0.1) is 0 Å². The van der Waals surface area contributed by atoms with Gasteiger partial charge < -0.3 is 0 Å². The molecule has 0 heteroatoms. The second-order valence-electron chi connectivity index (χ2n) is 5.62. The summed E-state index contributed by atoms with van der Waals surface area (Å²) in [5.74, 6) is 0. The van der Waals surface area contributed by atoms with Gasteiger partial charge in [-0.05, 0) is 22.1 Å². The fourth-order valence-electron chi connectivity index (χ4n) is 1.85. The van der Waals surface area contributed by atoms with E-state index in [1.165, 1.54) is 16.7 Å². The SMILES string of the molecule is CC(C)(C)c1ccc(/C=C\c2ccccc2)cc1. The highest BCUT2D eigenvalue weighted by atomic mass is 14.2. The van der Waals surface area contributed by atoms with Crippen LogP contribution in [0.1, 0.15) is 37.5 Å². The van der Waals surface area contributed by atoms with Crippen molar-refractivity contribution < 1.29 is 0 Å². The van der Waals surface area contributed by atoms with Crippen LogP contribution in [-0.2, 0) is 5.41 Å². The van der Waals surface area contributed by atoms with Crippen LogP contribution < -0.4 is 0 Å². The molecule has 0 radical (unpaired) electrons. The molecule has 92 valence electrons. The van der Waals surface area contributed by atoms with E-state index in [0.717, 1.165) is 0 Å². The molecule has 2 aromatic rings. The van der Waals surface area contributed by atoms with Crippen LogP contribution in [-0.4, -0.2) is 0 Å². The fourth-order valence-corrected chi connectivity index (χ4v) is 1.85. The van der Waals surface area contributed by atoms with Gasteiger partial charge in [-0.1, -0.05) is 87.5 Å². The monoisotopic (exact) mass is 236 g/mol. The highest BCUT2D eigenvalue weighted by Crippen LogP contribution is 2.22. The summed E-state index contributed by atoms with van der Waals surface area (Å²) in [4.78, 5) is 0. The van der Waals surface area contributed by atoms with Gasteiger partial charge in [-0.2, -0.15) is 0 Å². The standard InChI is InChI=1S/C18H20/c1-18(2,3)17-13-11-16(12-14-17)10-9-15-7-5-4-6-8-15/h4-14H,1-3H3/b10-9-. The van der Waals surface area contributed by atoms with E-state index in [0.29, 0.717) is 0 Å². The zero-order valence-corrected chi connectivity index (χ0v) is 11.4. The molecule has 0 bridgehead atoms. The number of hydrogen-bond acceptors (Lipinski definition) is 0. The van der Waals surface area contributed by atoms with E-state index in [1.54, 1.807) is 0 Å². The van der Waals surface area contributed by atoms with Crippen molar-refractivity contribution in [2.45, 2.75) is 26.2 Å². The van der Waals surface area contributed by atoms with Gasteiger partial charge in [0.15, 0.2) is 0 Å². The van der Waals surface area contributed by atoms with E-state index in [9.17, 15) is 0 Å². The molecular formula is C18H20. The zero-order valence-electron chi connectivity index (χ0n) is 11.4. The number of rotatable bonds is 2. The molecule has 0 saturated carbocycles. The Hall–Kier alpha value is -1.82. The van der Waals surface area contributed by atoms with Crippen LogP contribution in [0.5, 0.6) is 0 Å². The lowest BCUT2D eigenvalue weighted by Gasteiger charge is -2.18. The average molecular weight is 236 g/mol. The van der Waals surface area contributed by atoms with Crippen LogP contribution in [0.4, 0.5) is 0 Å². The molecule has 0 aliphatic carbocycles. The van der Waals surface area contributed by atoms with Gasteiger partial charge >= 0.3 is 0 Å². The van der Waals surface area contributed by atoms with Gasteiger partial charge in [0.2, 0.25) is 0 Å². The Balaban J connectivity index is 2.14. The normalized spacial score (nSPS) is 11.9. The minimum atomic E-state index is 0.224. The Labute approximate surface area is 110 Å². The van der Waals surface area contributed by atoms with Crippen LogP contribution in [0.3, 0.4) is 0 Å². The Morgan fingerprint density at radius 1 is 0.667 bits per heavy atom. The minimum absolute atomic E-state index is 0.224. The molecular weight excluding hydrogens is 216 g/mol. The maximum Gasteiger partial charge on any atom is -0.0132 e. The van der Waals surface area contributed by atoms with E-state index >= 15 is 0 Å². The first-order chi connectivity index (χ1) is 8.55. The van der Waals surface area contributed by atoms with Gasteiger partial charge in [-0.25, -0.2) is 0 Å². The quantitative estimate of drug-likeness (QED) is 0.632. The summed E-state index contributed by atoms with van der Waals surface area (Å²) in [5.41, 5.74) is 4.07. The number of hydrogen-bond donors (Lipinski definition) is 0. The second-order valence-corrected chi connectivity index (χ2v) is 5.62. The molecule has 18 heavy (non-hydrogen) atoms. The lowest BCUT2D eigenvalue weighted by atomic mass is 9.87. The van der Waals surface area contributed by atoms with Crippen molar-refractivity contribution in [1.82, 2.24) is 0 Å². The van der Waals surface area contributed by atoms with Crippen molar-refractivity contribution >= 4 is 12.2 Å². The molecule has 0 spiro atoms. The van der Waals surface area contributed by atoms with Gasteiger partial charge in [-0.15, -0.1) is 0 Å². The summed E-state index contributed by atoms with van der Waals surface area (Å²) in [5, 5.41) is 0. The summed E-state index contributed by atoms with van der Waals surface area (Å²) in [6.45, 7) is 6.71. The highest BCUT2D eigenvalue weighted by molar-refractivity contribution is 5.69. The zero-order chi connectivity index (χ0) is 13.0. The molecule has 2 rings (SSSR count). The summed E-state index contributed by atoms with van der Waals surface area (Å²) >= 11 is 0. The molecule has 0 saturated heterocycles. The van der Waals surface area contributed by atoms with E-state index in [2.05, 4.69) is 81.5 Å². The van der Waals surface area contributed by atoms with Crippen molar-refractivity contribution in [3.63, 3.8) is 0 Å². The van der Waals surface area contributed by atoms with Crippen LogP contribution in [0, 0.1) is 0 Å². The van der Waals surface area contributed by atoms with Gasteiger partial charge in [-0.3, -0.25) is 0 Å². The molecule has 2 aromatic carbocycles. The topological polar surface area (TPSA) is 0 Å². The Bertz CT molecular complexity index is 510. The first-order valence-electron chi connectivity index (χ1n) is 6.39. The van der Waals surface area contributed by atoms with Crippen molar-refractivity contribution in [1.29, 1.82) is 0 Å². The van der Waals surface area contributed by atoms with Gasteiger partial charge in [0, 0.05) is 0 Å².